The smallest absolute Gasteiger partial charge is 0.272 e. The van der Waals surface area contributed by atoms with Crippen LogP contribution in [0.4, 0.5) is 10.1 Å². The summed E-state index contributed by atoms with van der Waals surface area (Å²) >= 11 is 0. The van der Waals surface area contributed by atoms with E-state index in [-0.39, 0.29) is 0 Å². The number of hydrogen-bond donors (Lipinski definition) is 2. The van der Waals surface area contributed by atoms with Crippen LogP contribution in [0.5, 0.6) is 0 Å². The van der Waals surface area contributed by atoms with Crippen LogP contribution in [0.2, 0.25) is 0 Å². The Bertz CT molecular complexity index is 761. The number of nitro benzene ring substituents is 1. The van der Waals surface area contributed by atoms with Gasteiger partial charge in [0.05, 0.1) is 17.0 Å². The summed E-state index contributed by atoms with van der Waals surface area (Å²) in [4.78, 5) is 15.7. The summed E-state index contributed by atoms with van der Waals surface area (Å²) in [6.07, 6.45) is 2.97. The second-order valence-electron chi connectivity index (χ2n) is 4.19. The van der Waals surface area contributed by atoms with E-state index in [1.165, 1.54) is 19.3 Å². The molecule has 1 aromatic heterocycles. The average molecular weight is 314 g/mol. The Kier molecular flexibility index (Phi) is 4.00. The molecule has 0 spiro atoms. The minimum Gasteiger partial charge on any atom is -0.347 e. The van der Waals surface area contributed by atoms with Crippen LogP contribution in [0.3, 0.4) is 0 Å². The molecule has 1 heterocycles. The van der Waals surface area contributed by atoms with Gasteiger partial charge in [-0.2, -0.15) is 0 Å². The molecular formula is C11H11FN4O4S. The summed E-state index contributed by atoms with van der Waals surface area (Å²) < 4.78 is 40.1. The number of nitrogens with one attached hydrogen (secondary N) is 2. The van der Waals surface area contributed by atoms with Gasteiger partial charge in [-0.1, -0.05) is 0 Å². The number of nitrogens with zero attached hydrogens (tertiary/aromatic N) is 2. The van der Waals surface area contributed by atoms with E-state index in [0.717, 1.165) is 12.1 Å². The highest BCUT2D eigenvalue weighted by atomic mass is 32.2. The predicted octanol–water partition coefficient (Wildman–Crippen LogP) is 1.50. The Balaban J connectivity index is 2.29. The van der Waals surface area contributed by atoms with Crippen LogP contribution in [0.25, 0.3) is 0 Å². The SMILES string of the molecule is CC(NS(=O)(=O)c1ccc([N+](=O)[O-])cc1F)c1ncc[nH]1. The summed E-state index contributed by atoms with van der Waals surface area (Å²) in [5.74, 6) is -0.829. The Hall–Kier alpha value is -2.33. The first kappa shape index (κ1) is 15.1. The second kappa shape index (κ2) is 5.58. The van der Waals surface area contributed by atoms with Gasteiger partial charge in [-0.15, -0.1) is 0 Å². The van der Waals surface area contributed by atoms with Crippen LogP contribution in [-0.2, 0) is 10.0 Å². The van der Waals surface area contributed by atoms with Crippen molar-refractivity contribution in [3.63, 3.8) is 0 Å². The van der Waals surface area contributed by atoms with Gasteiger partial charge in [-0.3, -0.25) is 10.1 Å². The summed E-state index contributed by atoms with van der Waals surface area (Å²) in [6, 6.07) is 1.63. The van der Waals surface area contributed by atoms with E-state index in [9.17, 15) is 22.9 Å². The molecule has 1 atom stereocenters. The van der Waals surface area contributed by atoms with Gasteiger partial charge in [0.2, 0.25) is 10.0 Å². The fraction of sp³-hybridized carbons (Fsp3) is 0.182. The number of benzene rings is 1. The lowest BCUT2D eigenvalue weighted by molar-refractivity contribution is -0.385. The van der Waals surface area contributed by atoms with Crippen molar-refractivity contribution < 1.29 is 17.7 Å². The molecule has 0 aliphatic heterocycles. The first-order chi connectivity index (χ1) is 9.81. The predicted molar refractivity (Wildman–Crippen MR) is 70.4 cm³/mol. The molecule has 0 saturated heterocycles. The van der Waals surface area contributed by atoms with Gasteiger partial charge in [0, 0.05) is 18.5 Å². The van der Waals surface area contributed by atoms with Crippen molar-refractivity contribution >= 4 is 15.7 Å². The maximum atomic E-state index is 13.8. The Morgan fingerprint density at radius 3 is 2.71 bits per heavy atom. The highest BCUT2D eigenvalue weighted by Crippen LogP contribution is 2.21. The van der Waals surface area contributed by atoms with Crippen molar-refractivity contribution in [1.82, 2.24) is 14.7 Å². The molecule has 0 fully saturated rings. The van der Waals surface area contributed by atoms with Crippen molar-refractivity contribution in [2.45, 2.75) is 17.9 Å². The molecule has 1 unspecified atom stereocenters. The number of aromatic amines is 1. The first-order valence-corrected chi connectivity index (χ1v) is 7.25. The van der Waals surface area contributed by atoms with E-state index in [4.69, 9.17) is 0 Å². The molecule has 0 aliphatic carbocycles. The Morgan fingerprint density at radius 1 is 1.48 bits per heavy atom. The molecule has 2 N–H and O–H groups in total. The molecule has 2 aromatic rings. The fourth-order valence-electron chi connectivity index (χ4n) is 1.69. The monoisotopic (exact) mass is 314 g/mol. The molecule has 112 valence electrons. The van der Waals surface area contributed by atoms with Crippen molar-refractivity contribution in [3.8, 4) is 0 Å². The number of rotatable bonds is 5. The molecule has 10 heteroatoms. The van der Waals surface area contributed by atoms with E-state index in [2.05, 4.69) is 14.7 Å². The van der Waals surface area contributed by atoms with Gasteiger partial charge < -0.3 is 4.98 Å². The molecule has 21 heavy (non-hydrogen) atoms. The normalized spacial score (nSPS) is 13.0. The van der Waals surface area contributed by atoms with Crippen LogP contribution in [-0.4, -0.2) is 23.3 Å². The summed E-state index contributed by atoms with van der Waals surface area (Å²) in [5.41, 5.74) is -0.523. The first-order valence-electron chi connectivity index (χ1n) is 5.77. The average Bonchev–Trinajstić information content (AvgIpc) is 2.91. The van der Waals surface area contributed by atoms with Gasteiger partial charge in [0.25, 0.3) is 5.69 Å². The topological polar surface area (TPSA) is 118 Å². The standard InChI is InChI=1S/C11H11FN4O4S/c1-7(11-13-4-5-14-11)15-21(19,20)10-3-2-8(16(17)18)6-9(10)12/h2-7,15H,1H3,(H,13,14). The van der Waals surface area contributed by atoms with E-state index in [0.29, 0.717) is 11.9 Å². The third kappa shape index (κ3) is 3.23. The van der Waals surface area contributed by atoms with E-state index < -0.39 is 37.4 Å². The van der Waals surface area contributed by atoms with E-state index in [1.54, 1.807) is 0 Å². The minimum absolute atomic E-state index is 0.362. The number of H-pyrrole nitrogens is 1. The van der Waals surface area contributed by atoms with Gasteiger partial charge in [0.15, 0.2) is 0 Å². The molecular weight excluding hydrogens is 303 g/mol. The van der Waals surface area contributed by atoms with Crippen molar-refractivity contribution in [1.29, 1.82) is 0 Å². The number of halogens is 1. The molecule has 2 rings (SSSR count). The van der Waals surface area contributed by atoms with Crippen LogP contribution >= 0.6 is 0 Å². The van der Waals surface area contributed by atoms with E-state index in [1.807, 2.05) is 0 Å². The zero-order valence-electron chi connectivity index (χ0n) is 10.8. The quantitative estimate of drug-likeness (QED) is 0.640. The molecule has 0 bridgehead atoms. The van der Waals surface area contributed by atoms with Crippen molar-refractivity contribution in [2.75, 3.05) is 0 Å². The zero-order valence-corrected chi connectivity index (χ0v) is 11.6. The molecule has 0 amide bonds. The van der Waals surface area contributed by atoms with Gasteiger partial charge >= 0.3 is 0 Å². The minimum atomic E-state index is -4.17. The number of aromatic nitrogens is 2. The number of imidazole rings is 1. The number of sulfonamides is 1. The van der Waals surface area contributed by atoms with Crippen molar-refractivity contribution in [2.24, 2.45) is 0 Å². The zero-order chi connectivity index (χ0) is 15.6. The maximum absolute atomic E-state index is 13.8. The maximum Gasteiger partial charge on any atom is 0.272 e. The Morgan fingerprint density at radius 2 is 2.19 bits per heavy atom. The lowest BCUT2D eigenvalue weighted by atomic mass is 10.3. The third-order valence-corrected chi connectivity index (χ3v) is 4.25. The lowest BCUT2D eigenvalue weighted by Gasteiger charge is -2.12. The Labute approximate surface area is 119 Å². The van der Waals surface area contributed by atoms with Gasteiger partial charge in [-0.25, -0.2) is 22.5 Å². The van der Waals surface area contributed by atoms with Gasteiger partial charge in [-0.05, 0) is 13.0 Å². The van der Waals surface area contributed by atoms with Crippen LogP contribution in [0, 0.1) is 15.9 Å². The third-order valence-electron chi connectivity index (χ3n) is 2.68. The molecule has 0 aliphatic rings. The molecule has 0 radical (unpaired) electrons. The number of non-ortho nitro benzene ring substituents is 1. The summed E-state index contributed by atoms with van der Waals surface area (Å²) in [6.45, 7) is 1.53. The van der Waals surface area contributed by atoms with Crippen LogP contribution in [0.15, 0.2) is 35.5 Å². The molecule has 0 saturated carbocycles. The van der Waals surface area contributed by atoms with Gasteiger partial charge in [0.1, 0.15) is 16.5 Å². The van der Waals surface area contributed by atoms with Crippen LogP contribution in [0.1, 0.15) is 18.8 Å². The fourth-order valence-corrected chi connectivity index (χ4v) is 2.95. The number of nitro groups is 1. The second-order valence-corrected chi connectivity index (χ2v) is 5.87. The highest BCUT2D eigenvalue weighted by molar-refractivity contribution is 7.89. The van der Waals surface area contributed by atoms with E-state index >= 15 is 0 Å². The molecule has 1 aromatic carbocycles. The molecule has 8 nitrogen and oxygen atoms in total. The highest BCUT2D eigenvalue weighted by Gasteiger charge is 2.24. The number of hydrogen-bond acceptors (Lipinski definition) is 5. The largest absolute Gasteiger partial charge is 0.347 e. The summed E-state index contributed by atoms with van der Waals surface area (Å²) in [7, 11) is -4.17. The lowest BCUT2D eigenvalue weighted by Crippen LogP contribution is -2.28. The summed E-state index contributed by atoms with van der Waals surface area (Å²) in [5, 5.41) is 10.5. The van der Waals surface area contributed by atoms with Crippen LogP contribution < -0.4 is 4.72 Å². The van der Waals surface area contributed by atoms with Crippen molar-refractivity contribution in [3.05, 3.63) is 52.3 Å².